The molecule has 0 heterocycles. The molecule has 0 aliphatic heterocycles. The highest BCUT2D eigenvalue weighted by Gasteiger charge is 2.66. The Morgan fingerprint density at radius 2 is 1.90 bits per heavy atom. The second-order valence-electron chi connectivity index (χ2n) is 7.99. The van der Waals surface area contributed by atoms with Crippen molar-refractivity contribution in [1.82, 2.24) is 16.0 Å². The molecule has 0 spiro atoms. The van der Waals surface area contributed by atoms with Gasteiger partial charge in [-0.05, 0) is 37.3 Å². The maximum absolute atomic E-state index is 13.0. The lowest BCUT2D eigenvalue weighted by Gasteiger charge is -2.25. The van der Waals surface area contributed by atoms with Crippen molar-refractivity contribution >= 4 is 30.0 Å². The van der Waals surface area contributed by atoms with Crippen LogP contribution in [0.5, 0.6) is 0 Å². The number of carbonyl (C=O) groups is 5. The van der Waals surface area contributed by atoms with E-state index in [0.717, 1.165) is 0 Å². The third-order valence-electron chi connectivity index (χ3n) is 6.05. The van der Waals surface area contributed by atoms with Crippen molar-refractivity contribution in [1.29, 1.82) is 0 Å². The van der Waals surface area contributed by atoms with Crippen LogP contribution in [0, 0.1) is 17.8 Å². The topological polar surface area (TPSA) is 151 Å². The quantitative estimate of drug-likeness (QED) is 0.350. The summed E-state index contributed by atoms with van der Waals surface area (Å²) in [6, 6.07) is -2.22. The minimum absolute atomic E-state index is 0.140. The van der Waals surface area contributed by atoms with Crippen molar-refractivity contribution < 1.29 is 33.8 Å². The van der Waals surface area contributed by atoms with Crippen LogP contribution in [0.4, 0.5) is 0 Å². The molecule has 0 radical (unpaired) electrons. The predicted octanol–water partition coefficient (Wildman–Crippen LogP) is -0.103. The molecule has 1 saturated carbocycles. The molecule has 10 heteroatoms. The smallest absolute Gasteiger partial charge is 0.305 e. The van der Waals surface area contributed by atoms with Crippen LogP contribution in [0.2, 0.25) is 0 Å². The third-order valence-corrected chi connectivity index (χ3v) is 6.05. The molecule has 3 unspecified atom stereocenters. The molecule has 10 nitrogen and oxygen atoms in total. The van der Waals surface area contributed by atoms with E-state index in [0.29, 0.717) is 18.5 Å². The van der Waals surface area contributed by atoms with Crippen LogP contribution in [0.1, 0.15) is 33.6 Å². The largest absolute Gasteiger partial charge is 0.497 e. The molecule has 5 atom stereocenters. The first-order chi connectivity index (χ1) is 14.6. The number of carbonyl (C=O) groups excluding carboxylic acids is 4. The lowest BCUT2D eigenvalue weighted by atomic mass is 9.98. The van der Waals surface area contributed by atoms with Crippen molar-refractivity contribution in [3.63, 3.8) is 0 Å². The first-order valence-electron chi connectivity index (χ1n) is 10.1. The fourth-order valence-electron chi connectivity index (χ4n) is 3.73. The summed E-state index contributed by atoms with van der Waals surface area (Å²) in [7, 11) is 1.54. The van der Waals surface area contributed by atoms with Gasteiger partial charge in [0.2, 0.25) is 17.7 Å². The molecule has 0 bridgehead atoms. The molecule has 0 saturated heterocycles. The first-order valence-corrected chi connectivity index (χ1v) is 10.1. The van der Waals surface area contributed by atoms with Gasteiger partial charge < -0.3 is 30.6 Å². The van der Waals surface area contributed by atoms with Gasteiger partial charge in [0.25, 0.3) is 0 Å². The molecule has 0 aromatic heterocycles. The molecular formula is C21H29N3O7. The van der Waals surface area contributed by atoms with Crippen LogP contribution in [-0.4, -0.2) is 59.8 Å². The Hall–Kier alpha value is -3.17. The summed E-state index contributed by atoms with van der Waals surface area (Å²) in [5.74, 6) is -2.78. The Morgan fingerprint density at radius 3 is 2.35 bits per heavy atom. The molecular weight excluding hydrogens is 406 g/mol. The summed E-state index contributed by atoms with van der Waals surface area (Å²) < 4.78 is 5.11. The number of amides is 3. The number of hydrogen-bond donors (Lipinski definition) is 4. The number of carboxylic acid groups (broad SMARTS) is 1. The number of aldehydes is 1. The van der Waals surface area contributed by atoms with E-state index >= 15 is 0 Å². The number of aliphatic carboxylic acids is 1. The number of hydrogen-bond acceptors (Lipinski definition) is 6. The Kier molecular flexibility index (Phi) is 7.59. The Morgan fingerprint density at radius 1 is 1.26 bits per heavy atom. The van der Waals surface area contributed by atoms with Crippen LogP contribution in [0.25, 0.3) is 0 Å². The van der Waals surface area contributed by atoms with E-state index in [1.54, 1.807) is 25.3 Å². The highest BCUT2D eigenvalue weighted by atomic mass is 16.5. The van der Waals surface area contributed by atoms with Gasteiger partial charge >= 0.3 is 5.97 Å². The summed E-state index contributed by atoms with van der Waals surface area (Å²) in [5, 5.41) is 16.5. The number of ether oxygens (including phenoxy) is 1. The van der Waals surface area contributed by atoms with Crippen molar-refractivity contribution in [2.75, 3.05) is 7.11 Å². The van der Waals surface area contributed by atoms with Crippen LogP contribution in [-0.2, 0) is 28.7 Å². The van der Waals surface area contributed by atoms with Crippen LogP contribution >= 0.6 is 0 Å². The van der Waals surface area contributed by atoms with E-state index in [1.165, 1.54) is 6.92 Å². The van der Waals surface area contributed by atoms with Gasteiger partial charge in [-0.15, -0.1) is 0 Å². The molecule has 2 aliphatic rings. The maximum atomic E-state index is 13.0. The molecule has 1 fully saturated rings. The van der Waals surface area contributed by atoms with Gasteiger partial charge in [-0.2, -0.15) is 0 Å². The zero-order chi connectivity index (χ0) is 23.3. The summed E-state index contributed by atoms with van der Waals surface area (Å²) >= 11 is 0. The molecule has 170 valence electrons. The van der Waals surface area contributed by atoms with Gasteiger partial charge in [-0.25, -0.2) is 0 Å². The highest BCUT2D eigenvalue weighted by molar-refractivity contribution is 5.99. The average molecular weight is 435 g/mol. The van der Waals surface area contributed by atoms with E-state index < -0.39 is 47.7 Å². The molecule has 3 amide bonds. The number of nitrogens with one attached hydrogen (secondary N) is 3. The summed E-state index contributed by atoms with van der Waals surface area (Å²) in [6.45, 7) is 5.10. The van der Waals surface area contributed by atoms with E-state index in [4.69, 9.17) is 9.84 Å². The summed E-state index contributed by atoms with van der Waals surface area (Å²) in [4.78, 5) is 59.7. The lowest BCUT2D eigenvalue weighted by molar-refractivity contribution is -0.139. The normalized spacial score (nSPS) is 28.4. The van der Waals surface area contributed by atoms with Gasteiger partial charge in [0, 0.05) is 0 Å². The monoisotopic (exact) mass is 435 g/mol. The standard InChI is InChI=1S/C21H29N3O7/c1-11-12(2)21(11,24-19(29)14-5-7-16(31-4)8-6-14)20(30)22-13(3)18(28)23-15(10-25)9-17(26)27/h5,7-8,10-15H,6,9H2,1-4H3,(H,22,30)(H,23,28)(H,24,29)(H,26,27)/t11?,12?,13-,14?,15-,21?/m0/s1. The van der Waals surface area contributed by atoms with E-state index in [9.17, 15) is 24.0 Å². The van der Waals surface area contributed by atoms with Crippen LogP contribution in [0.3, 0.4) is 0 Å². The van der Waals surface area contributed by atoms with Crippen molar-refractivity contribution in [3.05, 3.63) is 24.0 Å². The second kappa shape index (κ2) is 9.76. The summed E-state index contributed by atoms with van der Waals surface area (Å²) in [5.41, 5.74) is -1.14. The van der Waals surface area contributed by atoms with Crippen LogP contribution in [0.15, 0.2) is 24.0 Å². The molecule has 4 N–H and O–H groups in total. The van der Waals surface area contributed by atoms with E-state index in [-0.39, 0.29) is 17.7 Å². The van der Waals surface area contributed by atoms with Gasteiger partial charge in [0.05, 0.1) is 25.5 Å². The van der Waals surface area contributed by atoms with E-state index in [2.05, 4.69) is 16.0 Å². The highest BCUT2D eigenvalue weighted by Crippen LogP contribution is 2.50. The Balaban J connectivity index is 2.00. The number of carboxylic acids is 1. The minimum atomic E-state index is -1.24. The minimum Gasteiger partial charge on any atom is -0.497 e. The summed E-state index contributed by atoms with van der Waals surface area (Å²) in [6.07, 6.45) is 5.43. The second-order valence-corrected chi connectivity index (χ2v) is 7.99. The number of allylic oxidation sites excluding steroid dienone is 2. The van der Waals surface area contributed by atoms with Gasteiger partial charge in [-0.3, -0.25) is 19.2 Å². The first kappa shape index (κ1) is 24.1. The average Bonchev–Trinajstić information content (AvgIpc) is 3.26. The SMILES string of the molecule is COC1=CCC(C(=O)NC2(C(=O)N[C@@H](C)C(=O)N[C@H](C=O)CC(=O)O)C(C)C2C)C=C1. The fourth-order valence-corrected chi connectivity index (χ4v) is 3.73. The molecule has 2 rings (SSSR count). The van der Waals surface area contributed by atoms with Gasteiger partial charge in [0.15, 0.2) is 0 Å². The van der Waals surface area contributed by atoms with Gasteiger partial charge in [0.1, 0.15) is 23.6 Å². The predicted molar refractivity (Wildman–Crippen MR) is 109 cm³/mol. The van der Waals surface area contributed by atoms with Crippen molar-refractivity contribution in [2.24, 2.45) is 17.8 Å². The number of methoxy groups -OCH3 is 1. The zero-order valence-electron chi connectivity index (χ0n) is 18.0. The third kappa shape index (κ3) is 5.31. The van der Waals surface area contributed by atoms with Gasteiger partial charge in [-0.1, -0.05) is 19.9 Å². The molecule has 2 aliphatic carbocycles. The number of rotatable bonds is 10. The molecule has 0 aromatic carbocycles. The Bertz CT molecular complexity index is 812. The van der Waals surface area contributed by atoms with Crippen LogP contribution < -0.4 is 16.0 Å². The van der Waals surface area contributed by atoms with Crippen molar-refractivity contribution in [3.8, 4) is 0 Å². The van der Waals surface area contributed by atoms with Crippen molar-refractivity contribution in [2.45, 2.75) is 51.2 Å². The maximum Gasteiger partial charge on any atom is 0.305 e. The van der Waals surface area contributed by atoms with E-state index in [1.807, 2.05) is 13.8 Å². The molecule has 0 aromatic rings. The Labute approximate surface area is 180 Å². The lowest BCUT2D eigenvalue weighted by Crippen LogP contribution is -2.57. The molecule has 31 heavy (non-hydrogen) atoms. The zero-order valence-corrected chi connectivity index (χ0v) is 18.0. The fraction of sp³-hybridized carbons (Fsp3) is 0.571.